The van der Waals surface area contributed by atoms with Crippen LogP contribution in [0.15, 0.2) is 36.5 Å². The lowest BCUT2D eigenvalue weighted by atomic mass is 10.1. The summed E-state index contributed by atoms with van der Waals surface area (Å²) in [6, 6.07) is 7.78. The zero-order chi connectivity index (χ0) is 23.4. The Balaban J connectivity index is 2.06. The molecule has 0 atom stereocenters. The maximum absolute atomic E-state index is 13.3. The van der Waals surface area contributed by atoms with Gasteiger partial charge in [-0.15, -0.1) is 0 Å². The Hall–Kier alpha value is -3.43. The van der Waals surface area contributed by atoms with Crippen LogP contribution in [0.3, 0.4) is 0 Å². The highest BCUT2D eigenvalue weighted by Gasteiger charge is 2.23. The second kappa shape index (κ2) is 9.80. The molecule has 0 fully saturated rings. The van der Waals surface area contributed by atoms with E-state index in [1.807, 2.05) is 0 Å². The van der Waals surface area contributed by atoms with Gasteiger partial charge in [0.2, 0.25) is 0 Å². The Kier molecular flexibility index (Phi) is 7.12. The number of nitrogens with zero attached hydrogens (tertiary/aromatic N) is 3. The fourth-order valence-electron chi connectivity index (χ4n) is 2.93. The summed E-state index contributed by atoms with van der Waals surface area (Å²) >= 11 is 12.3. The molecular formula is C21H19Cl2N5O4. The van der Waals surface area contributed by atoms with E-state index in [0.29, 0.717) is 22.0 Å². The number of nitrogens with one attached hydrogen (secondary N) is 2. The van der Waals surface area contributed by atoms with Crippen LogP contribution in [0.2, 0.25) is 10.0 Å². The van der Waals surface area contributed by atoms with E-state index >= 15 is 0 Å². The number of amides is 2. The fraction of sp³-hybridized carbons (Fsp3) is 0.190. The number of ether oxygens (including phenoxy) is 1. The van der Waals surface area contributed by atoms with Crippen LogP contribution < -0.4 is 10.6 Å². The minimum atomic E-state index is -0.580. The Bertz CT molecular complexity index is 1210. The molecule has 3 rings (SSSR count). The molecule has 11 heteroatoms. The lowest BCUT2D eigenvalue weighted by molar-refractivity contribution is -0.142. The highest BCUT2D eigenvalue weighted by molar-refractivity contribution is 6.32. The van der Waals surface area contributed by atoms with Gasteiger partial charge in [0, 0.05) is 25.2 Å². The molecule has 0 aliphatic carbocycles. The van der Waals surface area contributed by atoms with Crippen LogP contribution in [0.25, 0.3) is 5.82 Å². The summed E-state index contributed by atoms with van der Waals surface area (Å²) in [5.41, 5.74) is 1.47. The van der Waals surface area contributed by atoms with E-state index in [2.05, 4.69) is 20.7 Å². The molecule has 9 nitrogen and oxygen atoms in total. The number of esters is 1. The van der Waals surface area contributed by atoms with Crippen molar-refractivity contribution < 1.29 is 19.1 Å². The van der Waals surface area contributed by atoms with Gasteiger partial charge in [-0.25, -0.2) is 9.67 Å². The number of benzene rings is 1. The Labute approximate surface area is 193 Å². The summed E-state index contributed by atoms with van der Waals surface area (Å²) in [5.74, 6) is -1.27. The number of pyridine rings is 1. The molecule has 2 heterocycles. The topological polar surface area (TPSA) is 115 Å². The third kappa shape index (κ3) is 5.06. The number of rotatable bonds is 6. The smallest absolute Gasteiger partial charge is 0.303 e. The van der Waals surface area contributed by atoms with Crippen LogP contribution in [0.4, 0.5) is 5.69 Å². The van der Waals surface area contributed by atoms with E-state index in [4.69, 9.17) is 27.9 Å². The first-order valence-electron chi connectivity index (χ1n) is 9.38. The van der Waals surface area contributed by atoms with Gasteiger partial charge >= 0.3 is 5.97 Å². The number of halogens is 2. The van der Waals surface area contributed by atoms with Gasteiger partial charge < -0.3 is 15.4 Å². The Morgan fingerprint density at radius 3 is 2.56 bits per heavy atom. The predicted molar refractivity (Wildman–Crippen MR) is 119 cm³/mol. The molecule has 166 valence electrons. The molecule has 0 aliphatic rings. The summed E-state index contributed by atoms with van der Waals surface area (Å²) in [6.45, 7) is 2.84. The van der Waals surface area contributed by atoms with Gasteiger partial charge in [0.15, 0.2) is 5.82 Å². The van der Waals surface area contributed by atoms with Crippen LogP contribution in [-0.2, 0) is 16.1 Å². The van der Waals surface area contributed by atoms with Crippen LogP contribution in [-0.4, -0.2) is 39.6 Å². The molecule has 2 aromatic heterocycles. The van der Waals surface area contributed by atoms with E-state index in [9.17, 15) is 14.4 Å². The standard InChI is InChI=1S/C21H19Cl2N5O4/c1-11-7-13(22)8-15(20(30)24-3)18(11)26-21(31)17-9-14(10-32-12(2)29)27-28(17)19-16(23)5-4-6-25-19/h4-9H,10H2,1-3H3,(H,24,30)(H,26,31). The highest BCUT2D eigenvalue weighted by Crippen LogP contribution is 2.27. The van der Waals surface area contributed by atoms with Crippen molar-refractivity contribution in [2.75, 3.05) is 12.4 Å². The van der Waals surface area contributed by atoms with E-state index in [0.717, 1.165) is 0 Å². The average Bonchev–Trinajstić information content (AvgIpc) is 3.17. The number of aromatic nitrogens is 3. The second-order valence-electron chi connectivity index (χ2n) is 6.70. The molecular weight excluding hydrogens is 457 g/mol. The first-order chi connectivity index (χ1) is 15.2. The van der Waals surface area contributed by atoms with Gasteiger partial charge in [-0.05, 0) is 42.8 Å². The van der Waals surface area contributed by atoms with Crippen molar-refractivity contribution in [3.63, 3.8) is 0 Å². The van der Waals surface area contributed by atoms with Crippen molar-refractivity contribution in [1.82, 2.24) is 20.1 Å². The lowest BCUT2D eigenvalue weighted by Crippen LogP contribution is -2.23. The molecule has 2 N–H and O–H groups in total. The van der Waals surface area contributed by atoms with Crippen molar-refractivity contribution >= 4 is 46.7 Å². The van der Waals surface area contributed by atoms with Gasteiger partial charge in [0.25, 0.3) is 11.8 Å². The average molecular weight is 476 g/mol. The molecule has 0 saturated carbocycles. The van der Waals surface area contributed by atoms with Crippen molar-refractivity contribution in [1.29, 1.82) is 0 Å². The molecule has 0 radical (unpaired) electrons. The number of hydrogen-bond acceptors (Lipinski definition) is 6. The summed E-state index contributed by atoms with van der Waals surface area (Å²) in [4.78, 5) is 41.0. The van der Waals surface area contributed by atoms with Gasteiger partial charge in [-0.1, -0.05) is 23.2 Å². The maximum atomic E-state index is 13.3. The van der Waals surface area contributed by atoms with Gasteiger partial charge in [-0.2, -0.15) is 5.10 Å². The highest BCUT2D eigenvalue weighted by atomic mass is 35.5. The maximum Gasteiger partial charge on any atom is 0.303 e. The predicted octanol–water partition coefficient (Wildman–Crippen LogP) is 3.56. The SMILES string of the molecule is CNC(=O)c1cc(Cl)cc(C)c1NC(=O)c1cc(COC(C)=O)nn1-c1ncccc1Cl. The zero-order valence-corrected chi connectivity index (χ0v) is 18.9. The minimum Gasteiger partial charge on any atom is -0.459 e. The zero-order valence-electron chi connectivity index (χ0n) is 17.4. The molecule has 0 unspecified atom stereocenters. The summed E-state index contributed by atoms with van der Waals surface area (Å²) < 4.78 is 6.24. The van der Waals surface area contributed by atoms with Crippen molar-refractivity contribution in [2.45, 2.75) is 20.5 Å². The largest absolute Gasteiger partial charge is 0.459 e. The summed E-state index contributed by atoms with van der Waals surface area (Å²) in [7, 11) is 1.48. The van der Waals surface area contributed by atoms with Crippen molar-refractivity contribution in [2.24, 2.45) is 0 Å². The number of anilines is 1. The van der Waals surface area contributed by atoms with E-state index in [-0.39, 0.29) is 28.7 Å². The normalized spacial score (nSPS) is 10.5. The first-order valence-corrected chi connectivity index (χ1v) is 10.1. The van der Waals surface area contributed by atoms with Crippen molar-refractivity contribution in [3.8, 4) is 5.82 Å². The number of hydrogen-bond donors (Lipinski definition) is 2. The number of carbonyl (C=O) groups excluding carboxylic acids is 3. The molecule has 0 spiro atoms. The van der Waals surface area contributed by atoms with Crippen molar-refractivity contribution in [3.05, 3.63) is 69.1 Å². The van der Waals surface area contributed by atoms with Crippen LogP contribution >= 0.6 is 23.2 Å². The molecule has 1 aromatic carbocycles. The third-order valence-corrected chi connectivity index (χ3v) is 4.88. The van der Waals surface area contributed by atoms with E-state index in [1.54, 1.807) is 25.1 Å². The monoisotopic (exact) mass is 475 g/mol. The third-order valence-electron chi connectivity index (χ3n) is 4.37. The van der Waals surface area contributed by atoms with Gasteiger partial charge in [0.1, 0.15) is 18.0 Å². The van der Waals surface area contributed by atoms with Gasteiger partial charge in [0.05, 0.1) is 16.3 Å². The van der Waals surface area contributed by atoms with Crippen LogP contribution in [0, 0.1) is 6.92 Å². The molecule has 0 saturated heterocycles. The molecule has 3 aromatic rings. The first kappa shape index (κ1) is 23.2. The molecule has 0 aliphatic heterocycles. The van der Waals surface area contributed by atoms with Gasteiger partial charge in [-0.3, -0.25) is 14.4 Å². The molecule has 32 heavy (non-hydrogen) atoms. The summed E-state index contributed by atoms with van der Waals surface area (Å²) in [6.07, 6.45) is 1.50. The minimum absolute atomic E-state index is 0.0740. The van der Waals surface area contributed by atoms with E-state index < -0.39 is 17.8 Å². The summed E-state index contributed by atoms with van der Waals surface area (Å²) in [5, 5.41) is 10.2. The quantitative estimate of drug-likeness (QED) is 0.526. The van der Waals surface area contributed by atoms with Crippen LogP contribution in [0.5, 0.6) is 0 Å². The van der Waals surface area contributed by atoms with E-state index in [1.165, 1.54) is 37.0 Å². The Morgan fingerprint density at radius 2 is 1.91 bits per heavy atom. The number of carbonyl (C=O) groups is 3. The molecule has 0 bridgehead atoms. The fourth-order valence-corrected chi connectivity index (χ4v) is 3.41. The molecule has 2 amide bonds. The number of aryl methyl sites for hydroxylation is 1. The lowest BCUT2D eigenvalue weighted by Gasteiger charge is -2.14. The Morgan fingerprint density at radius 1 is 1.16 bits per heavy atom. The van der Waals surface area contributed by atoms with Crippen LogP contribution in [0.1, 0.15) is 39.0 Å². The second-order valence-corrected chi connectivity index (χ2v) is 7.54.